The number of hydrogen-bond donors (Lipinski definition) is 1. The zero-order valence-corrected chi connectivity index (χ0v) is 10.2. The van der Waals surface area contributed by atoms with Crippen molar-refractivity contribution in [3.63, 3.8) is 0 Å². The van der Waals surface area contributed by atoms with Crippen molar-refractivity contribution in [3.05, 3.63) is 28.8 Å². The molecule has 2 N–H and O–H groups in total. The van der Waals surface area contributed by atoms with Crippen LogP contribution in [0.15, 0.2) is 18.2 Å². The Kier molecular flexibility index (Phi) is 4.43. The Morgan fingerprint density at radius 2 is 2.07 bits per heavy atom. The maximum absolute atomic E-state index is 5.91. The number of benzene rings is 1. The zero-order chi connectivity index (χ0) is 11.4. The molecule has 15 heavy (non-hydrogen) atoms. The van der Waals surface area contributed by atoms with Crippen LogP contribution in [0.5, 0.6) is 5.75 Å². The highest BCUT2D eigenvalue weighted by Crippen LogP contribution is 2.21. The molecule has 1 atom stereocenters. The smallest absolute Gasteiger partial charge is 0.119 e. The largest absolute Gasteiger partial charge is 0.492 e. The Morgan fingerprint density at radius 1 is 1.40 bits per heavy atom. The molecule has 1 rings (SSSR count). The van der Waals surface area contributed by atoms with Gasteiger partial charge in [-0.05, 0) is 36.6 Å². The summed E-state index contributed by atoms with van der Waals surface area (Å²) >= 11 is 5.91. The Morgan fingerprint density at radius 3 is 2.60 bits per heavy atom. The summed E-state index contributed by atoms with van der Waals surface area (Å²) in [6.07, 6.45) is 0. The van der Waals surface area contributed by atoms with E-state index in [0.717, 1.165) is 16.3 Å². The van der Waals surface area contributed by atoms with Gasteiger partial charge in [0.1, 0.15) is 12.4 Å². The molecule has 84 valence electrons. The first kappa shape index (κ1) is 12.3. The molecule has 0 saturated carbocycles. The fourth-order valence-electron chi connectivity index (χ4n) is 1.09. The van der Waals surface area contributed by atoms with Crippen molar-refractivity contribution in [1.29, 1.82) is 0 Å². The summed E-state index contributed by atoms with van der Waals surface area (Å²) in [6, 6.07) is 5.70. The van der Waals surface area contributed by atoms with Crippen molar-refractivity contribution in [3.8, 4) is 5.75 Å². The molecule has 0 radical (unpaired) electrons. The molecule has 3 heteroatoms. The molecule has 2 nitrogen and oxygen atoms in total. The van der Waals surface area contributed by atoms with E-state index in [4.69, 9.17) is 22.1 Å². The van der Waals surface area contributed by atoms with Crippen LogP contribution >= 0.6 is 11.6 Å². The summed E-state index contributed by atoms with van der Waals surface area (Å²) in [4.78, 5) is 0. The van der Waals surface area contributed by atoms with Crippen LogP contribution in [0.3, 0.4) is 0 Å². The summed E-state index contributed by atoms with van der Waals surface area (Å²) in [5.41, 5.74) is 6.90. The van der Waals surface area contributed by atoms with Gasteiger partial charge >= 0.3 is 0 Å². The fraction of sp³-hybridized carbons (Fsp3) is 0.500. The van der Waals surface area contributed by atoms with Crippen molar-refractivity contribution in [2.45, 2.75) is 26.8 Å². The number of halogens is 1. The lowest BCUT2D eigenvalue weighted by Gasteiger charge is -2.16. The van der Waals surface area contributed by atoms with E-state index >= 15 is 0 Å². The molecule has 0 saturated heterocycles. The number of nitrogens with two attached hydrogens (primary N) is 1. The molecule has 0 bridgehead atoms. The molecule has 0 amide bonds. The molecular formula is C12H18ClNO. The van der Waals surface area contributed by atoms with Crippen molar-refractivity contribution >= 4 is 11.6 Å². The number of aryl methyl sites for hydroxylation is 1. The predicted octanol–water partition coefficient (Wildman–Crippen LogP) is 3.01. The number of ether oxygens (including phenoxy) is 1. The SMILES string of the molecule is Cc1cc(OCC(N)C(C)C)ccc1Cl. The van der Waals surface area contributed by atoms with Crippen molar-refractivity contribution in [2.75, 3.05) is 6.61 Å². The Labute approximate surface area is 96.4 Å². The van der Waals surface area contributed by atoms with Gasteiger partial charge in [0.25, 0.3) is 0 Å². The van der Waals surface area contributed by atoms with Gasteiger partial charge in [0.15, 0.2) is 0 Å². The summed E-state index contributed by atoms with van der Waals surface area (Å²) < 4.78 is 5.58. The van der Waals surface area contributed by atoms with E-state index in [9.17, 15) is 0 Å². The summed E-state index contributed by atoms with van der Waals surface area (Å²) in [5.74, 6) is 1.26. The molecule has 0 heterocycles. The standard InChI is InChI=1S/C12H18ClNO/c1-8(2)12(14)7-15-10-4-5-11(13)9(3)6-10/h4-6,8,12H,7,14H2,1-3H3. The molecule has 0 aliphatic heterocycles. The van der Waals surface area contributed by atoms with Crippen LogP contribution in [-0.4, -0.2) is 12.6 Å². The average Bonchev–Trinajstić information content (AvgIpc) is 2.19. The van der Waals surface area contributed by atoms with E-state index in [1.54, 1.807) is 0 Å². The van der Waals surface area contributed by atoms with Crippen LogP contribution in [0.4, 0.5) is 0 Å². The van der Waals surface area contributed by atoms with E-state index in [1.165, 1.54) is 0 Å². The third kappa shape index (κ3) is 3.73. The van der Waals surface area contributed by atoms with Gasteiger partial charge in [-0.25, -0.2) is 0 Å². The first-order chi connectivity index (χ1) is 7.00. The van der Waals surface area contributed by atoms with Crippen LogP contribution < -0.4 is 10.5 Å². The van der Waals surface area contributed by atoms with Gasteiger partial charge in [-0.15, -0.1) is 0 Å². The molecule has 1 aromatic rings. The van der Waals surface area contributed by atoms with Crippen molar-refractivity contribution in [1.82, 2.24) is 0 Å². The van der Waals surface area contributed by atoms with E-state index in [1.807, 2.05) is 25.1 Å². The maximum Gasteiger partial charge on any atom is 0.119 e. The Bertz CT molecular complexity index is 325. The summed E-state index contributed by atoms with van der Waals surface area (Å²) in [6.45, 7) is 6.67. The highest BCUT2D eigenvalue weighted by molar-refractivity contribution is 6.31. The molecular weight excluding hydrogens is 210 g/mol. The normalized spacial score (nSPS) is 12.9. The predicted molar refractivity (Wildman–Crippen MR) is 64.5 cm³/mol. The quantitative estimate of drug-likeness (QED) is 0.858. The number of rotatable bonds is 4. The second-order valence-electron chi connectivity index (χ2n) is 4.13. The maximum atomic E-state index is 5.91. The Hall–Kier alpha value is -0.730. The minimum atomic E-state index is 0.0704. The Balaban J connectivity index is 2.55. The minimum absolute atomic E-state index is 0.0704. The van der Waals surface area contributed by atoms with Gasteiger partial charge in [0.2, 0.25) is 0 Å². The van der Waals surface area contributed by atoms with Crippen LogP contribution in [0, 0.1) is 12.8 Å². The van der Waals surface area contributed by atoms with Crippen molar-refractivity contribution in [2.24, 2.45) is 11.7 Å². The summed E-state index contributed by atoms with van der Waals surface area (Å²) in [5, 5.41) is 0.760. The lowest BCUT2D eigenvalue weighted by Crippen LogP contribution is -2.32. The number of hydrogen-bond acceptors (Lipinski definition) is 2. The van der Waals surface area contributed by atoms with Gasteiger partial charge in [0.05, 0.1) is 0 Å². The lowest BCUT2D eigenvalue weighted by molar-refractivity contribution is 0.259. The van der Waals surface area contributed by atoms with Gasteiger partial charge in [-0.3, -0.25) is 0 Å². The third-order valence-corrected chi connectivity index (χ3v) is 2.85. The van der Waals surface area contributed by atoms with E-state index < -0.39 is 0 Å². The van der Waals surface area contributed by atoms with E-state index in [0.29, 0.717) is 12.5 Å². The molecule has 0 spiro atoms. The van der Waals surface area contributed by atoms with Crippen molar-refractivity contribution < 1.29 is 4.74 Å². The highest BCUT2D eigenvalue weighted by Gasteiger charge is 2.08. The molecule has 0 aliphatic rings. The van der Waals surface area contributed by atoms with Crippen LogP contribution in [-0.2, 0) is 0 Å². The highest BCUT2D eigenvalue weighted by atomic mass is 35.5. The molecule has 1 unspecified atom stereocenters. The second-order valence-corrected chi connectivity index (χ2v) is 4.54. The molecule has 0 aliphatic carbocycles. The molecule has 0 fully saturated rings. The van der Waals surface area contributed by atoms with E-state index in [2.05, 4.69) is 13.8 Å². The zero-order valence-electron chi connectivity index (χ0n) is 9.46. The average molecular weight is 228 g/mol. The fourth-order valence-corrected chi connectivity index (χ4v) is 1.21. The van der Waals surface area contributed by atoms with Gasteiger partial charge in [0, 0.05) is 11.1 Å². The topological polar surface area (TPSA) is 35.2 Å². The summed E-state index contributed by atoms with van der Waals surface area (Å²) in [7, 11) is 0. The van der Waals surface area contributed by atoms with Gasteiger partial charge < -0.3 is 10.5 Å². The van der Waals surface area contributed by atoms with Gasteiger partial charge in [-0.2, -0.15) is 0 Å². The first-order valence-electron chi connectivity index (χ1n) is 5.15. The van der Waals surface area contributed by atoms with Crippen LogP contribution in [0.25, 0.3) is 0 Å². The van der Waals surface area contributed by atoms with Crippen LogP contribution in [0.1, 0.15) is 19.4 Å². The first-order valence-corrected chi connectivity index (χ1v) is 5.53. The van der Waals surface area contributed by atoms with Crippen LogP contribution in [0.2, 0.25) is 5.02 Å². The molecule has 1 aromatic carbocycles. The van der Waals surface area contributed by atoms with Gasteiger partial charge in [-0.1, -0.05) is 25.4 Å². The monoisotopic (exact) mass is 227 g/mol. The van der Waals surface area contributed by atoms with E-state index in [-0.39, 0.29) is 6.04 Å². The molecule has 0 aromatic heterocycles. The second kappa shape index (κ2) is 5.38. The third-order valence-electron chi connectivity index (χ3n) is 2.43. The lowest BCUT2D eigenvalue weighted by atomic mass is 10.1. The minimum Gasteiger partial charge on any atom is -0.492 e.